The summed E-state index contributed by atoms with van der Waals surface area (Å²) >= 11 is 0. The van der Waals surface area contributed by atoms with Crippen molar-refractivity contribution in [2.24, 2.45) is 11.3 Å². The van der Waals surface area contributed by atoms with Crippen LogP contribution in [0.5, 0.6) is 0 Å². The van der Waals surface area contributed by atoms with Crippen LogP contribution in [0.1, 0.15) is 51.7 Å². The highest BCUT2D eigenvalue weighted by atomic mass is 16.4. The van der Waals surface area contributed by atoms with Crippen molar-refractivity contribution in [3.05, 3.63) is 36.4 Å². The Bertz CT molecular complexity index is 1590. The normalized spacial score (nSPS) is 11.0. The summed E-state index contributed by atoms with van der Waals surface area (Å²) < 4.78 is 2.97. The third-order valence-electron chi connectivity index (χ3n) is 6.76. The number of nitrogens with one attached hydrogen (secondary N) is 2. The van der Waals surface area contributed by atoms with Crippen LogP contribution < -0.4 is 10.6 Å². The summed E-state index contributed by atoms with van der Waals surface area (Å²) in [4.78, 5) is 126. The van der Waals surface area contributed by atoms with Crippen molar-refractivity contribution in [3.8, 4) is 0 Å². The number of amides is 2. The van der Waals surface area contributed by atoms with Crippen LogP contribution in [0.25, 0.3) is 0 Å². The molecule has 0 aliphatic carbocycles. The number of imidazole rings is 2. The van der Waals surface area contributed by atoms with Crippen LogP contribution in [0.15, 0.2) is 24.8 Å². The number of ketones is 1. The van der Waals surface area contributed by atoms with Crippen LogP contribution >= 0.6 is 0 Å². The first-order valence-electron chi connectivity index (χ1n) is 15.0. The van der Waals surface area contributed by atoms with Gasteiger partial charge in [0.15, 0.2) is 11.7 Å². The first-order chi connectivity index (χ1) is 24.3. The molecule has 2 aromatic heterocycles. The van der Waals surface area contributed by atoms with Crippen LogP contribution in [0, 0.1) is 11.3 Å². The second-order valence-electron chi connectivity index (χ2n) is 11.7. The number of carbonyl (C=O) groups is 7. The summed E-state index contributed by atoms with van der Waals surface area (Å²) in [5.74, 6) is -8.68. The zero-order valence-electron chi connectivity index (χ0n) is 28.3. The molecule has 0 radical (unpaired) electrons. The van der Waals surface area contributed by atoms with E-state index in [1.807, 2.05) is 0 Å². The van der Waals surface area contributed by atoms with Gasteiger partial charge in [0.1, 0.15) is 30.8 Å². The molecule has 2 rings (SSSR count). The molecule has 0 bridgehead atoms. The number of hydrogen-bond donors (Lipinski definition) is 6. The van der Waals surface area contributed by atoms with Crippen molar-refractivity contribution in [1.29, 1.82) is 0 Å². The van der Waals surface area contributed by atoms with Gasteiger partial charge in [-0.2, -0.15) is 19.2 Å². The van der Waals surface area contributed by atoms with Crippen LogP contribution in [0.4, 0.5) is 0 Å². The van der Waals surface area contributed by atoms with E-state index in [0.717, 1.165) is 0 Å². The minimum Gasteiger partial charge on any atom is -0.481 e. The fourth-order valence-electron chi connectivity index (χ4n) is 4.12. The lowest BCUT2D eigenvalue weighted by molar-refractivity contribution is -0.193. The quantitative estimate of drug-likeness (QED) is 0.0648. The lowest BCUT2D eigenvalue weighted by Gasteiger charge is -2.26. The van der Waals surface area contributed by atoms with Crippen LogP contribution in [0.2, 0.25) is 0 Å². The molecule has 0 aromatic carbocycles. The SMILES string of the molecule is CC(C)(C)C(=O)CN(Cc1nccn1CC(=O)NCCCC(=O)O)Cc1nccn1CC(=O)N[C@@H](CC(C(=O)O)C(=O)O)C(=O)O.O=C=O.O=C=O. The van der Waals surface area contributed by atoms with Crippen molar-refractivity contribution >= 4 is 53.8 Å². The lowest BCUT2D eigenvalue weighted by Crippen LogP contribution is -2.45. The molecule has 0 unspecified atom stereocenters. The first kappa shape index (κ1) is 45.6. The van der Waals surface area contributed by atoms with Gasteiger partial charge in [-0.1, -0.05) is 20.8 Å². The molecule has 1 atom stereocenters. The minimum absolute atomic E-state index is 0.0266. The number of nitrogens with zero attached hydrogens (tertiary/aromatic N) is 5. The van der Waals surface area contributed by atoms with E-state index in [4.69, 9.17) is 34.5 Å². The molecule has 0 spiro atoms. The molecule has 2 amide bonds. The molecule has 22 heteroatoms. The number of hydrogen-bond acceptors (Lipinski definition) is 14. The van der Waals surface area contributed by atoms with E-state index in [0.29, 0.717) is 11.6 Å². The highest BCUT2D eigenvalue weighted by Crippen LogP contribution is 2.18. The predicted octanol–water partition coefficient (Wildman–Crippen LogP) is -1.74. The summed E-state index contributed by atoms with van der Waals surface area (Å²) in [5.41, 5.74) is -0.700. The van der Waals surface area contributed by atoms with Crippen molar-refractivity contribution in [2.45, 2.75) is 72.3 Å². The highest BCUT2D eigenvalue weighted by Gasteiger charge is 2.33. The van der Waals surface area contributed by atoms with Gasteiger partial charge in [-0.15, -0.1) is 0 Å². The van der Waals surface area contributed by atoms with Gasteiger partial charge in [-0.05, 0) is 6.42 Å². The Hall–Kier alpha value is -6.37. The van der Waals surface area contributed by atoms with Gasteiger partial charge in [0, 0.05) is 49.6 Å². The fraction of sp³-hybridized carbons (Fsp3) is 0.500. The Labute approximate surface area is 294 Å². The molecule has 0 fully saturated rings. The number of carboxylic acid groups (broad SMARTS) is 4. The summed E-state index contributed by atoms with van der Waals surface area (Å²) in [6, 6.07) is -1.79. The Morgan fingerprint density at radius 3 is 1.65 bits per heavy atom. The molecule has 2 aromatic rings. The summed E-state index contributed by atoms with van der Waals surface area (Å²) in [6.45, 7) is 4.97. The second kappa shape index (κ2) is 23.1. The van der Waals surface area contributed by atoms with E-state index in [9.17, 15) is 38.7 Å². The number of carbonyl (C=O) groups excluding carboxylic acids is 7. The Morgan fingerprint density at radius 2 is 1.25 bits per heavy atom. The molecule has 0 aliphatic rings. The lowest BCUT2D eigenvalue weighted by atomic mass is 9.90. The van der Waals surface area contributed by atoms with Crippen LogP contribution in [-0.4, -0.2) is 117 Å². The number of rotatable bonds is 20. The maximum Gasteiger partial charge on any atom is 0.373 e. The van der Waals surface area contributed by atoms with E-state index in [1.54, 1.807) is 36.4 Å². The number of carboxylic acids is 4. The van der Waals surface area contributed by atoms with Gasteiger partial charge in [0.2, 0.25) is 11.8 Å². The second-order valence-corrected chi connectivity index (χ2v) is 11.7. The molecule has 22 nitrogen and oxygen atoms in total. The summed E-state index contributed by atoms with van der Waals surface area (Å²) in [6.07, 6.45) is 5.72. The molecule has 0 saturated heterocycles. The molecular formula is C30H39N7O15. The third-order valence-corrected chi connectivity index (χ3v) is 6.76. The van der Waals surface area contributed by atoms with E-state index in [-0.39, 0.29) is 69.6 Å². The largest absolute Gasteiger partial charge is 0.481 e. The first-order valence-corrected chi connectivity index (χ1v) is 15.0. The molecule has 52 heavy (non-hydrogen) atoms. The van der Waals surface area contributed by atoms with Crippen molar-refractivity contribution < 1.29 is 73.2 Å². The number of aliphatic carboxylic acids is 4. The molecule has 6 N–H and O–H groups in total. The molecule has 0 saturated carbocycles. The Morgan fingerprint density at radius 1 is 0.788 bits per heavy atom. The average Bonchev–Trinajstić information content (AvgIpc) is 3.65. The third kappa shape index (κ3) is 17.9. The molecule has 2 heterocycles. The predicted molar refractivity (Wildman–Crippen MR) is 166 cm³/mol. The van der Waals surface area contributed by atoms with E-state index >= 15 is 0 Å². The van der Waals surface area contributed by atoms with Crippen molar-refractivity contribution in [3.63, 3.8) is 0 Å². The maximum absolute atomic E-state index is 13.0. The van der Waals surface area contributed by atoms with E-state index in [2.05, 4.69) is 20.6 Å². The number of Topliss-reactive ketones (excluding diaryl/α,β-unsaturated/α-hetero) is 1. The van der Waals surface area contributed by atoms with Gasteiger partial charge < -0.3 is 40.2 Å². The number of aromatic nitrogens is 4. The Balaban J connectivity index is 0.00000404. The van der Waals surface area contributed by atoms with Crippen LogP contribution in [-0.2, 0) is 78.9 Å². The topological polar surface area (TPSA) is 332 Å². The van der Waals surface area contributed by atoms with Crippen molar-refractivity contribution in [1.82, 2.24) is 34.6 Å². The van der Waals surface area contributed by atoms with Crippen LogP contribution in [0.3, 0.4) is 0 Å². The molecule has 0 aliphatic heterocycles. The zero-order valence-corrected chi connectivity index (χ0v) is 28.3. The van der Waals surface area contributed by atoms with Crippen molar-refractivity contribution in [2.75, 3.05) is 13.1 Å². The van der Waals surface area contributed by atoms with Gasteiger partial charge in [-0.25, -0.2) is 14.8 Å². The monoisotopic (exact) mass is 737 g/mol. The Kier molecular flexibility index (Phi) is 20.3. The minimum atomic E-state index is -2.05. The van der Waals surface area contributed by atoms with Gasteiger partial charge in [-0.3, -0.25) is 33.7 Å². The van der Waals surface area contributed by atoms with Gasteiger partial charge in [0.05, 0.1) is 19.6 Å². The summed E-state index contributed by atoms with van der Waals surface area (Å²) in [5, 5.41) is 41.2. The molecule has 284 valence electrons. The zero-order chi connectivity index (χ0) is 40.0. The van der Waals surface area contributed by atoms with Gasteiger partial charge >= 0.3 is 36.2 Å². The highest BCUT2D eigenvalue weighted by molar-refractivity contribution is 5.94. The summed E-state index contributed by atoms with van der Waals surface area (Å²) in [7, 11) is 0. The van der Waals surface area contributed by atoms with Gasteiger partial charge in [0.25, 0.3) is 0 Å². The van der Waals surface area contributed by atoms with E-state index in [1.165, 1.54) is 23.2 Å². The fourth-order valence-corrected chi connectivity index (χ4v) is 4.12. The average molecular weight is 738 g/mol. The smallest absolute Gasteiger partial charge is 0.373 e. The standard InChI is InChI=1S/C28H39N7O11.2CO2/c1-28(2,3)19(36)12-33(13-20-29-7-9-34(20)15-22(37)31-6-4-5-24(39)40)14-21-30-8-10-35(21)16-23(38)32-18(27(45)46)11-17(25(41)42)26(43)44;2*2-1-3/h7-10,17-18H,4-6,11-16H2,1-3H3,(H,31,37)(H,32,38)(H,39,40)(H,41,42)(H,43,44)(H,45,46);;/t18-;;/m0../s1. The molecular weight excluding hydrogens is 698 g/mol. The van der Waals surface area contributed by atoms with E-state index < -0.39 is 60.1 Å². The maximum atomic E-state index is 13.0.